The van der Waals surface area contributed by atoms with Gasteiger partial charge in [-0.3, -0.25) is 0 Å². The Bertz CT molecular complexity index is 358. The number of hydrogen-bond donors (Lipinski definition) is 1. The van der Waals surface area contributed by atoms with E-state index in [2.05, 4.69) is 5.32 Å². The highest BCUT2D eigenvalue weighted by Crippen LogP contribution is 2.34. The molecule has 1 heterocycles. The Labute approximate surface area is 105 Å². The second-order valence-corrected chi connectivity index (χ2v) is 5.00. The van der Waals surface area contributed by atoms with Crippen molar-refractivity contribution in [1.29, 1.82) is 0 Å². The topological polar surface area (TPSA) is 12.0 Å². The lowest BCUT2D eigenvalue weighted by molar-refractivity contribution is -0.0253. The van der Waals surface area contributed by atoms with E-state index in [0.29, 0.717) is 5.02 Å². The Hall–Kier alpha value is -0.670. The minimum Gasteiger partial charge on any atom is -0.314 e. The van der Waals surface area contributed by atoms with Crippen molar-refractivity contribution < 1.29 is 8.78 Å². The molecule has 1 aromatic carbocycles. The third kappa shape index (κ3) is 3.39. The van der Waals surface area contributed by atoms with Crippen LogP contribution in [0.5, 0.6) is 0 Å². The van der Waals surface area contributed by atoms with Crippen LogP contribution in [-0.2, 0) is 5.92 Å². The molecule has 1 aromatic rings. The highest BCUT2D eigenvalue weighted by molar-refractivity contribution is 6.30. The molecule has 94 valence electrons. The SMILES string of the molecule is FC(F)(CC1CCCCN1)c1ccc(Cl)cc1. The van der Waals surface area contributed by atoms with Crippen molar-refractivity contribution in [2.45, 2.75) is 37.6 Å². The maximum atomic E-state index is 14.0. The summed E-state index contributed by atoms with van der Waals surface area (Å²) in [5.41, 5.74) is 0.0503. The van der Waals surface area contributed by atoms with Crippen LogP contribution in [0.15, 0.2) is 24.3 Å². The summed E-state index contributed by atoms with van der Waals surface area (Å²) in [5, 5.41) is 3.64. The van der Waals surface area contributed by atoms with E-state index in [9.17, 15) is 8.78 Å². The molecule has 0 amide bonds. The minimum absolute atomic E-state index is 0.0503. The van der Waals surface area contributed by atoms with Crippen LogP contribution in [0.4, 0.5) is 8.78 Å². The largest absolute Gasteiger partial charge is 0.314 e. The van der Waals surface area contributed by atoms with Crippen LogP contribution >= 0.6 is 11.6 Å². The monoisotopic (exact) mass is 259 g/mol. The summed E-state index contributed by atoms with van der Waals surface area (Å²) in [6, 6.07) is 5.77. The maximum absolute atomic E-state index is 14.0. The first-order valence-corrected chi connectivity index (χ1v) is 6.33. The number of alkyl halides is 2. The first-order valence-electron chi connectivity index (χ1n) is 5.95. The Morgan fingerprint density at radius 2 is 1.94 bits per heavy atom. The molecule has 0 saturated carbocycles. The van der Waals surface area contributed by atoms with Crippen molar-refractivity contribution in [2.75, 3.05) is 6.54 Å². The predicted molar refractivity (Wildman–Crippen MR) is 65.6 cm³/mol. The van der Waals surface area contributed by atoms with Crippen LogP contribution in [-0.4, -0.2) is 12.6 Å². The van der Waals surface area contributed by atoms with Gasteiger partial charge in [-0.15, -0.1) is 0 Å². The van der Waals surface area contributed by atoms with Gasteiger partial charge in [-0.2, -0.15) is 0 Å². The van der Waals surface area contributed by atoms with Gasteiger partial charge < -0.3 is 5.32 Å². The second-order valence-electron chi connectivity index (χ2n) is 4.56. The number of nitrogens with one attached hydrogen (secondary N) is 1. The quantitative estimate of drug-likeness (QED) is 0.866. The predicted octanol–water partition coefficient (Wildman–Crippen LogP) is 3.96. The Balaban J connectivity index is 2.04. The van der Waals surface area contributed by atoms with E-state index in [0.717, 1.165) is 25.8 Å². The number of halogens is 3. The smallest absolute Gasteiger partial charge is 0.274 e. The number of hydrogen-bond acceptors (Lipinski definition) is 1. The van der Waals surface area contributed by atoms with Crippen LogP contribution in [0.2, 0.25) is 5.02 Å². The zero-order valence-electron chi connectivity index (χ0n) is 9.56. The molecule has 0 radical (unpaired) electrons. The van der Waals surface area contributed by atoms with Crippen molar-refractivity contribution in [2.24, 2.45) is 0 Å². The number of rotatable bonds is 3. The fourth-order valence-electron chi connectivity index (χ4n) is 2.22. The van der Waals surface area contributed by atoms with Gasteiger partial charge in [-0.1, -0.05) is 30.2 Å². The molecule has 0 bridgehead atoms. The normalized spacial score (nSPS) is 21.5. The van der Waals surface area contributed by atoms with E-state index in [4.69, 9.17) is 11.6 Å². The summed E-state index contributed by atoms with van der Waals surface area (Å²) >= 11 is 5.70. The standard InChI is InChI=1S/C13H16ClF2N/c14-11-6-4-10(5-7-11)13(15,16)9-12-3-1-2-8-17-12/h4-7,12,17H,1-3,8-9H2. The van der Waals surface area contributed by atoms with E-state index in [1.165, 1.54) is 24.3 Å². The lowest BCUT2D eigenvalue weighted by Crippen LogP contribution is -2.37. The lowest BCUT2D eigenvalue weighted by atomic mass is 9.95. The van der Waals surface area contributed by atoms with Crippen LogP contribution in [0.3, 0.4) is 0 Å². The molecule has 1 N–H and O–H groups in total. The van der Waals surface area contributed by atoms with Crippen molar-refractivity contribution in [3.05, 3.63) is 34.9 Å². The van der Waals surface area contributed by atoms with E-state index in [-0.39, 0.29) is 18.0 Å². The highest BCUT2D eigenvalue weighted by Gasteiger charge is 2.34. The first-order chi connectivity index (χ1) is 8.08. The molecule has 0 aromatic heterocycles. The summed E-state index contributed by atoms with van der Waals surface area (Å²) in [6.07, 6.45) is 2.83. The lowest BCUT2D eigenvalue weighted by Gasteiger charge is -2.27. The summed E-state index contributed by atoms with van der Waals surface area (Å²) in [6.45, 7) is 0.849. The van der Waals surface area contributed by atoms with Crippen LogP contribution in [0.1, 0.15) is 31.2 Å². The molecule has 4 heteroatoms. The van der Waals surface area contributed by atoms with Crippen LogP contribution in [0.25, 0.3) is 0 Å². The van der Waals surface area contributed by atoms with Gasteiger partial charge in [0.2, 0.25) is 0 Å². The summed E-state index contributed by atoms with van der Waals surface area (Å²) in [7, 11) is 0. The molecule has 1 aliphatic rings. The Kier molecular flexibility index (Phi) is 4.00. The number of benzene rings is 1. The van der Waals surface area contributed by atoms with Gasteiger partial charge in [0.05, 0.1) is 0 Å². The van der Waals surface area contributed by atoms with Crippen molar-refractivity contribution in [3.63, 3.8) is 0 Å². The summed E-state index contributed by atoms with van der Waals surface area (Å²) < 4.78 is 28.0. The average molecular weight is 260 g/mol. The third-order valence-electron chi connectivity index (χ3n) is 3.18. The molecule has 1 saturated heterocycles. The molecule has 1 aliphatic heterocycles. The molecule has 17 heavy (non-hydrogen) atoms. The molecule has 1 atom stereocenters. The van der Waals surface area contributed by atoms with Crippen molar-refractivity contribution >= 4 is 11.6 Å². The Morgan fingerprint density at radius 3 is 2.53 bits per heavy atom. The van der Waals surface area contributed by atoms with Gasteiger partial charge in [0.1, 0.15) is 0 Å². The first kappa shape index (κ1) is 12.8. The number of piperidine rings is 1. The molecule has 1 nitrogen and oxygen atoms in total. The fraction of sp³-hybridized carbons (Fsp3) is 0.538. The van der Waals surface area contributed by atoms with Gasteiger partial charge in [-0.05, 0) is 31.5 Å². The molecule has 2 rings (SSSR count). The second kappa shape index (κ2) is 5.32. The van der Waals surface area contributed by atoms with Crippen molar-refractivity contribution in [3.8, 4) is 0 Å². The van der Waals surface area contributed by atoms with Gasteiger partial charge in [-0.25, -0.2) is 8.78 Å². The summed E-state index contributed by atoms with van der Waals surface area (Å²) in [4.78, 5) is 0. The zero-order chi connectivity index (χ0) is 12.3. The van der Waals surface area contributed by atoms with Crippen LogP contribution in [0, 0.1) is 0 Å². The minimum atomic E-state index is -2.78. The zero-order valence-corrected chi connectivity index (χ0v) is 10.3. The van der Waals surface area contributed by atoms with E-state index in [1.807, 2.05) is 0 Å². The van der Waals surface area contributed by atoms with E-state index in [1.54, 1.807) is 0 Å². The fourth-order valence-corrected chi connectivity index (χ4v) is 2.35. The molecule has 1 fully saturated rings. The van der Waals surface area contributed by atoms with Crippen molar-refractivity contribution in [1.82, 2.24) is 5.32 Å². The van der Waals surface area contributed by atoms with Gasteiger partial charge in [0, 0.05) is 23.0 Å². The van der Waals surface area contributed by atoms with Crippen LogP contribution < -0.4 is 5.32 Å². The van der Waals surface area contributed by atoms with E-state index < -0.39 is 5.92 Å². The highest BCUT2D eigenvalue weighted by atomic mass is 35.5. The molecule has 0 spiro atoms. The Morgan fingerprint density at radius 1 is 1.24 bits per heavy atom. The summed E-state index contributed by atoms with van der Waals surface area (Å²) in [5.74, 6) is -2.78. The molecule has 1 unspecified atom stereocenters. The van der Waals surface area contributed by atoms with Gasteiger partial charge >= 0.3 is 0 Å². The maximum Gasteiger partial charge on any atom is 0.274 e. The van der Waals surface area contributed by atoms with Gasteiger partial charge in [0.15, 0.2) is 0 Å². The molecular weight excluding hydrogens is 244 g/mol. The molecule has 0 aliphatic carbocycles. The molecular formula is C13H16ClF2N. The third-order valence-corrected chi connectivity index (χ3v) is 3.43. The van der Waals surface area contributed by atoms with Gasteiger partial charge in [0.25, 0.3) is 5.92 Å². The average Bonchev–Trinajstić information content (AvgIpc) is 2.30. The van der Waals surface area contributed by atoms with E-state index >= 15 is 0 Å².